The SMILES string of the molecule is CC(CN1c2ccccc2Sc2cccc(O)c21)N(C)C. The smallest absolute Gasteiger partial charge is 0.140 e. The number of hydrogen-bond acceptors (Lipinski definition) is 4. The minimum atomic E-state index is 0.348. The van der Waals surface area contributed by atoms with Gasteiger partial charge in [0.05, 0.1) is 11.4 Å². The Bertz CT molecular complexity index is 657. The van der Waals surface area contributed by atoms with Crippen LogP contribution in [0, 0.1) is 0 Å². The maximum absolute atomic E-state index is 10.3. The van der Waals surface area contributed by atoms with E-state index in [0.29, 0.717) is 11.8 Å². The number of rotatable bonds is 3. The van der Waals surface area contributed by atoms with E-state index in [1.807, 2.05) is 6.07 Å². The van der Waals surface area contributed by atoms with Crippen molar-refractivity contribution in [3.63, 3.8) is 0 Å². The predicted molar refractivity (Wildman–Crippen MR) is 88.8 cm³/mol. The molecule has 21 heavy (non-hydrogen) atoms. The molecule has 3 rings (SSSR count). The number of likely N-dealkylation sites (N-methyl/N-ethyl adjacent to an activating group) is 1. The first-order valence-electron chi connectivity index (χ1n) is 7.10. The summed E-state index contributed by atoms with van der Waals surface area (Å²) < 4.78 is 0. The van der Waals surface area contributed by atoms with Crippen LogP contribution in [-0.4, -0.2) is 36.7 Å². The molecule has 0 saturated heterocycles. The number of hydrogen-bond donors (Lipinski definition) is 1. The highest BCUT2D eigenvalue weighted by Crippen LogP contribution is 2.51. The topological polar surface area (TPSA) is 26.7 Å². The van der Waals surface area contributed by atoms with Gasteiger partial charge in [-0.3, -0.25) is 0 Å². The number of benzene rings is 2. The summed E-state index contributed by atoms with van der Waals surface area (Å²) in [5.41, 5.74) is 2.10. The van der Waals surface area contributed by atoms with E-state index in [9.17, 15) is 5.11 Å². The van der Waals surface area contributed by atoms with E-state index in [1.165, 1.54) is 10.6 Å². The highest BCUT2D eigenvalue weighted by molar-refractivity contribution is 7.99. The molecular formula is C17H20N2OS. The molecule has 0 amide bonds. The van der Waals surface area contributed by atoms with E-state index in [1.54, 1.807) is 17.8 Å². The van der Waals surface area contributed by atoms with Gasteiger partial charge in [-0.1, -0.05) is 30.0 Å². The number of fused-ring (bicyclic) bond motifs is 2. The van der Waals surface area contributed by atoms with Crippen LogP contribution in [0.25, 0.3) is 0 Å². The molecule has 1 aliphatic heterocycles. The van der Waals surface area contributed by atoms with E-state index >= 15 is 0 Å². The van der Waals surface area contributed by atoms with E-state index < -0.39 is 0 Å². The average Bonchev–Trinajstić information content (AvgIpc) is 2.46. The summed E-state index contributed by atoms with van der Waals surface area (Å²) >= 11 is 1.72. The van der Waals surface area contributed by atoms with Crippen LogP contribution in [0.2, 0.25) is 0 Å². The molecule has 1 heterocycles. The van der Waals surface area contributed by atoms with Crippen molar-refractivity contribution in [3.05, 3.63) is 42.5 Å². The molecular weight excluding hydrogens is 280 g/mol. The lowest BCUT2D eigenvalue weighted by atomic mass is 10.1. The van der Waals surface area contributed by atoms with E-state index in [4.69, 9.17) is 0 Å². The first-order valence-corrected chi connectivity index (χ1v) is 7.92. The quantitative estimate of drug-likeness (QED) is 0.928. The Morgan fingerprint density at radius 2 is 1.81 bits per heavy atom. The van der Waals surface area contributed by atoms with Crippen LogP contribution in [-0.2, 0) is 0 Å². The van der Waals surface area contributed by atoms with Gasteiger partial charge in [-0.25, -0.2) is 0 Å². The highest BCUT2D eigenvalue weighted by atomic mass is 32.2. The molecule has 0 saturated carbocycles. The van der Waals surface area contributed by atoms with Crippen molar-refractivity contribution in [2.75, 3.05) is 25.5 Å². The molecule has 0 aromatic heterocycles. The molecule has 1 unspecified atom stereocenters. The number of nitrogens with zero attached hydrogens (tertiary/aromatic N) is 2. The minimum Gasteiger partial charge on any atom is -0.506 e. The van der Waals surface area contributed by atoms with Crippen molar-refractivity contribution in [2.45, 2.75) is 22.8 Å². The number of para-hydroxylation sites is 2. The molecule has 4 heteroatoms. The lowest BCUT2D eigenvalue weighted by molar-refractivity contribution is 0.318. The monoisotopic (exact) mass is 300 g/mol. The van der Waals surface area contributed by atoms with Crippen molar-refractivity contribution in [1.82, 2.24) is 4.90 Å². The molecule has 0 spiro atoms. The van der Waals surface area contributed by atoms with Crippen molar-refractivity contribution < 1.29 is 5.11 Å². The summed E-state index contributed by atoms with van der Waals surface area (Å²) in [6, 6.07) is 14.5. The molecule has 1 aliphatic rings. The average molecular weight is 300 g/mol. The van der Waals surface area contributed by atoms with Crippen LogP contribution in [0.5, 0.6) is 5.75 Å². The zero-order chi connectivity index (χ0) is 15.0. The molecule has 1 N–H and O–H groups in total. The number of phenolic OH excluding ortho intramolecular Hbond substituents is 1. The lowest BCUT2D eigenvalue weighted by Gasteiger charge is -2.36. The number of anilines is 2. The van der Waals surface area contributed by atoms with Gasteiger partial charge < -0.3 is 14.9 Å². The molecule has 0 bridgehead atoms. The van der Waals surface area contributed by atoms with E-state index in [0.717, 1.165) is 17.1 Å². The van der Waals surface area contributed by atoms with Gasteiger partial charge in [0.25, 0.3) is 0 Å². The van der Waals surface area contributed by atoms with Crippen LogP contribution in [0.15, 0.2) is 52.3 Å². The van der Waals surface area contributed by atoms with Crippen molar-refractivity contribution in [2.24, 2.45) is 0 Å². The maximum Gasteiger partial charge on any atom is 0.140 e. The molecule has 110 valence electrons. The van der Waals surface area contributed by atoms with Crippen LogP contribution >= 0.6 is 11.8 Å². The van der Waals surface area contributed by atoms with Crippen LogP contribution in [0.4, 0.5) is 11.4 Å². The molecule has 0 radical (unpaired) electrons. The Morgan fingerprint density at radius 1 is 1.10 bits per heavy atom. The van der Waals surface area contributed by atoms with Crippen LogP contribution < -0.4 is 4.90 Å². The molecule has 2 aromatic carbocycles. The highest BCUT2D eigenvalue weighted by Gasteiger charge is 2.27. The predicted octanol–water partition coefficient (Wildman–Crippen LogP) is 3.95. The fraction of sp³-hybridized carbons (Fsp3) is 0.294. The third-order valence-electron chi connectivity index (χ3n) is 3.95. The third-order valence-corrected chi connectivity index (χ3v) is 5.07. The van der Waals surface area contributed by atoms with Gasteiger partial charge in [0.15, 0.2) is 0 Å². The summed E-state index contributed by atoms with van der Waals surface area (Å²) in [6.07, 6.45) is 0. The zero-order valence-electron chi connectivity index (χ0n) is 12.6. The van der Waals surface area contributed by atoms with Crippen LogP contribution in [0.3, 0.4) is 0 Å². The Hall–Kier alpha value is -1.65. The summed E-state index contributed by atoms with van der Waals surface area (Å²) in [5, 5.41) is 10.3. The van der Waals surface area contributed by atoms with Gasteiger partial charge in [0.2, 0.25) is 0 Å². The Kier molecular flexibility index (Phi) is 3.83. The zero-order valence-corrected chi connectivity index (χ0v) is 13.4. The van der Waals surface area contributed by atoms with Gasteiger partial charge in [-0.15, -0.1) is 0 Å². The lowest BCUT2D eigenvalue weighted by Crippen LogP contribution is -2.37. The first kappa shape index (κ1) is 14.3. The normalized spacial score (nSPS) is 14.8. The third kappa shape index (κ3) is 2.61. The van der Waals surface area contributed by atoms with Gasteiger partial charge in [-0.2, -0.15) is 0 Å². The van der Waals surface area contributed by atoms with E-state index in [2.05, 4.69) is 61.2 Å². The second-order valence-corrected chi connectivity index (χ2v) is 6.70. The Morgan fingerprint density at radius 3 is 2.57 bits per heavy atom. The summed E-state index contributed by atoms with van der Waals surface area (Å²) in [5.74, 6) is 0.348. The summed E-state index contributed by atoms with van der Waals surface area (Å²) in [7, 11) is 4.17. The molecule has 3 nitrogen and oxygen atoms in total. The Labute approximate surface area is 130 Å². The van der Waals surface area contributed by atoms with Gasteiger partial charge in [0.1, 0.15) is 5.75 Å². The van der Waals surface area contributed by atoms with Crippen molar-refractivity contribution in [3.8, 4) is 5.75 Å². The largest absolute Gasteiger partial charge is 0.506 e. The summed E-state index contributed by atoms with van der Waals surface area (Å²) in [4.78, 5) is 6.78. The fourth-order valence-corrected chi connectivity index (χ4v) is 3.61. The minimum absolute atomic E-state index is 0.348. The maximum atomic E-state index is 10.3. The fourth-order valence-electron chi connectivity index (χ4n) is 2.49. The van der Waals surface area contributed by atoms with Gasteiger partial charge in [-0.05, 0) is 45.3 Å². The second-order valence-electron chi connectivity index (χ2n) is 5.62. The Balaban J connectivity index is 2.09. The van der Waals surface area contributed by atoms with Gasteiger partial charge in [0, 0.05) is 22.4 Å². The molecule has 0 fully saturated rings. The van der Waals surface area contributed by atoms with E-state index in [-0.39, 0.29) is 0 Å². The van der Waals surface area contributed by atoms with Crippen molar-refractivity contribution in [1.29, 1.82) is 0 Å². The molecule has 2 aromatic rings. The summed E-state index contributed by atoms with van der Waals surface area (Å²) in [6.45, 7) is 3.04. The number of phenols is 1. The number of aromatic hydroxyl groups is 1. The standard InChI is InChI=1S/C17H20N2OS/c1-12(18(2)3)11-19-13-7-4-5-9-15(13)21-16-10-6-8-14(20)17(16)19/h4-10,12,20H,11H2,1-3H3. The van der Waals surface area contributed by atoms with Crippen LogP contribution in [0.1, 0.15) is 6.92 Å². The van der Waals surface area contributed by atoms with Crippen molar-refractivity contribution >= 4 is 23.1 Å². The first-order chi connectivity index (χ1) is 10.1. The molecule has 0 aliphatic carbocycles. The van der Waals surface area contributed by atoms with Gasteiger partial charge >= 0.3 is 0 Å². The second kappa shape index (κ2) is 5.62. The molecule has 1 atom stereocenters.